The maximum atomic E-state index is 14.3. The Balaban J connectivity index is 1.61. The number of aliphatic hydroxyl groups excluding tert-OH is 1. The predicted octanol–water partition coefficient (Wildman–Crippen LogP) is 3.09. The van der Waals surface area contributed by atoms with Crippen LogP contribution in [0.4, 0.5) is 10.5 Å². The van der Waals surface area contributed by atoms with Crippen molar-refractivity contribution in [3.63, 3.8) is 0 Å². The van der Waals surface area contributed by atoms with Crippen LogP contribution < -0.4 is 20.9 Å². The highest BCUT2D eigenvalue weighted by Crippen LogP contribution is 2.37. The third kappa shape index (κ3) is 9.93. The summed E-state index contributed by atoms with van der Waals surface area (Å²) in [5.41, 5.74) is 0.0454. The first-order chi connectivity index (χ1) is 25.3. The molecule has 3 aliphatic heterocycles. The standard InChI is InChI=1S/C40H67N5O9/c1-13-31-40(7)34(43-38(49)54-40)26(5)42-20-23(2)19-39(6,50-12)35(24(3)32(46)25(4)36(48)52-31)53-37-33(47)30(45(10)11)18-29(51-37)22-41-21-27-14-16-28(17-15-27)44(8)9/h14-17,23-26,29-31,33-35,37,41-42,47H,13,18-22H2,1-12H3,(H,43,49)/t23-,24+,25?,26-,29+,30?,31+,33?,34-,35-,37+,39-,40-/m1/s1. The SMILES string of the molecule is CC[C@@H]1OC(=O)C(C)C(=O)[C@H](C)[C@@H](O[C@@H]2O[C@H](CNCc3ccc(N(C)C)cc3)CC(N(C)C)C2O)[C@](C)(OC)C[C@@H](C)CN[C@H](C)[C@H]2NC(=O)O[C@]12C. The second kappa shape index (κ2) is 18.4. The molecule has 1 aromatic carbocycles. The zero-order valence-electron chi connectivity index (χ0n) is 34.5. The third-order valence-electron chi connectivity index (χ3n) is 11.9. The third-order valence-corrected chi connectivity index (χ3v) is 11.9. The number of hydrogen-bond acceptors (Lipinski definition) is 13. The first kappa shape index (κ1) is 43.9. The van der Waals surface area contributed by atoms with Crippen LogP contribution >= 0.6 is 0 Å². The fraction of sp³-hybridized carbons (Fsp3) is 0.775. The van der Waals surface area contributed by atoms with Gasteiger partial charge in [-0.2, -0.15) is 0 Å². The fourth-order valence-electron chi connectivity index (χ4n) is 8.44. The lowest BCUT2D eigenvalue weighted by Gasteiger charge is -2.47. The molecule has 14 heteroatoms. The molecule has 0 aliphatic carbocycles. The summed E-state index contributed by atoms with van der Waals surface area (Å²) in [7, 11) is 9.44. The van der Waals surface area contributed by atoms with Crippen LogP contribution in [0.5, 0.6) is 0 Å². The molecule has 0 aromatic heterocycles. The number of aliphatic hydroxyl groups is 1. The lowest BCUT2D eigenvalue weighted by Crippen LogP contribution is -2.60. The maximum Gasteiger partial charge on any atom is 0.408 e. The van der Waals surface area contributed by atoms with Crippen LogP contribution in [0, 0.1) is 17.8 Å². The summed E-state index contributed by atoms with van der Waals surface area (Å²) < 4.78 is 31.3. The summed E-state index contributed by atoms with van der Waals surface area (Å²) in [6.07, 6.45) is -3.34. The summed E-state index contributed by atoms with van der Waals surface area (Å²) in [4.78, 5) is 44.6. The molecule has 54 heavy (non-hydrogen) atoms. The number of nitrogens with zero attached hydrogens (tertiary/aromatic N) is 2. The predicted molar refractivity (Wildman–Crippen MR) is 206 cm³/mol. The zero-order chi connectivity index (χ0) is 40.1. The van der Waals surface area contributed by atoms with Crippen molar-refractivity contribution < 1.29 is 43.2 Å². The van der Waals surface area contributed by atoms with Gasteiger partial charge in [0.15, 0.2) is 17.7 Å². The number of rotatable bonds is 10. The number of cyclic esters (lactones) is 1. The van der Waals surface area contributed by atoms with Crippen LogP contribution in [0.2, 0.25) is 0 Å². The molecule has 3 fully saturated rings. The van der Waals surface area contributed by atoms with Gasteiger partial charge in [0.05, 0.1) is 23.9 Å². The van der Waals surface area contributed by atoms with Gasteiger partial charge < -0.3 is 54.5 Å². The van der Waals surface area contributed by atoms with Gasteiger partial charge in [-0.15, -0.1) is 0 Å². The number of carbonyl (C=O) groups is 3. The summed E-state index contributed by atoms with van der Waals surface area (Å²) in [6, 6.07) is 7.31. The summed E-state index contributed by atoms with van der Waals surface area (Å²) in [5.74, 6) is -3.14. The van der Waals surface area contributed by atoms with Crippen molar-refractivity contribution in [1.29, 1.82) is 0 Å². The summed E-state index contributed by atoms with van der Waals surface area (Å²) >= 11 is 0. The second-order valence-corrected chi connectivity index (χ2v) is 16.6. The van der Waals surface area contributed by atoms with E-state index in [4.69, 9.17) is 23.7 Å². The van der Waals surface area contributed by atoms with Crippen molar-refractivity contribution in [2.45, 2.75) is 134 Å². The van der Waals surface area contributed by atoms with E-state index in [1.54, 1.807) is 21.0 Å². The molecule has 3 saturated heterocycles. The molecular formula is C40H67N5O9. The van der Waals surface area contributed by atoms with E-state index in [0.29, 0.717) is 38.9 Å². The molecule has 3 aliphatic rings. The zero-order valence-corrected chi connectivity index (χ0v) is 34.5. The number of amides is 1. The first-order valence-electron chi connectivity index (χ1n) is 19.5. The van der Waals surface area contributed by atoms with Crippen LogP contribution in [-0.2, 0) is 39.8 Å². The summed E-state index contributed by atoms with van der Waals surface area (Å²) in [6.45, 7) is 14.5. The summed E-state index contributed by atoms with van der Waals surface area (Å²) in [5, 5.41) is 21.7. The molecule has 13 atom stereocenters. The van der Waals surface area contributed by atoms with E-state index in [1.165, 1.54) is 6.92 Å². The largest absolute Gasteiger partial charge is 0.458 e. The molecule has 4 N–H and O–H groups in total. The average molecular weight is 762 g/mol. The molecule has 0 bridgehead atoms. The van der Waals surface area contributed by atoms with Gasteiger partial charge in [-0.25, -0.2) is 4.79 Å². The number of benzene rings is 1. The molecule has 0 spiro atoms. The van der Waals surface area contributed by atoms with E-state index < -0.39 is 71.5 Å². The monoisotopic (exact) mass is 761 g/mol. The number of carbonyl (C=O) groups excluding carboxylic acids is 3. The fourth-order valence-corrected chi connectivity index (χ4v) is 8.44. The molecule has 306 valence electrons. The van der Waals surface area contributed by atoms with Crippen LogP contribution in [0.15, 0.2) is 24.3 Å². The van der Waals surface area contributed by atoms with Crippen molar-refractivity contribution in [3.8, 4) is 0 Å². The Bertz CT molecular complexity index is 1410. The van der Waals surface area contributed by atoms with Crippen LogP contribution in [0.25, 0.3) is 0 Å². The van der Waals surface area contributed by atoms with Gasteiger partial charge in [-0.3, -0.25) is 9.59 Å². The molecule has 1 aromatic rings. The Morgan fingerprint density at radius 2 is 1.70 bits per heavy atom. The molecule has 1 amide bonds. The van der Waals surface area contributed by atoms with E-state index >= 15 is 0 Å². The number of ketones is 1. The Morgan fingerprint density at radius 1 is 1.04 bits per heavy atom. The van der Waals surface area contributed by atoms with Crippen molar-refractivity contribution in [1.82, 2.24) is 20.9 Å². The topological polar surface area (TPSA) is 160 Å². The maximum absolute atomic E-state index is 14.3. The van der Waals surface area contributed by atoms with E-state index in [9.17, 15) is 19.5 Å². The molecule has 3 heterocycles. The molecule has 0 radical (unpaired) electrons. The number of anilines is 1. The lowest BCUT2D eigenvalue weighted by atomic mass is 9.78. The number of esters is 1. The number of likely N-dealkylation sites (N-methyl/N-ethyl adjacent to an activating group) is 1. The van der Waals surface area contributed by atoms with Gasteiger partial charge in [0.1, 0.15) is 18.1 Å². The highest BCUT2D eigenvalue weighted by molar-refractivity contribution is 6.00. The van der Waals surface area contributed by atoms with Crippen molar-refractivity contribution in [3.05, 3.63) is 29.8 Å². The van der Waals surface area contributed by atoms with Gasteiger partial charge >= 0.3 is 12.1 Å². The van der Waals surface area contributed by atoms with Gasteiger partial charge in [0, 0.05) is 58.0 Å². The van der Waals surface area contributed by atoms with Gasteiger partial charge in [-0.05, 0) is 91.2 Å². The molecule has 3 unspecified atom stereocenters. The molecule has 0 saturated carbocycles. The van der Waals surface area contributed by atoms with Crippen molar-refractivity contribution >= 4 is 23.5 Å². The highest BCUT2D eigenvalue weighted by atomic mass is 16.7. The Kier molecular flexibility index (Phi) is 14.9. The minimum Gasteiger partial charge on any atom is -0.458 e. The number of Topliss-reactive ketones (excluding diaryl/α,β-unsaturated/α-hetero) is 1. The van der Waals surface area contributed by atoms with Gasteiger partial charge in [0.2, 0.25) is 0 Å². The van der Waals surface area contributed by atoms with E-state index in [2.05, 4.69) is 52.0 Å². The number of hydrogen-bond donors (Lipinski definition) is 4. The van der Waals surface area contributed by atoms with Crippen molar-refractivity contribution in [2.24, 2.45) is 17.8 Å². The lowest BCUT2D eigenvalue weighted by molar-refractivity contribution is -0.297. The molecular weight excluding hydrogens is 694 g/mol. The van der Waals surface area contributed by atoms with Crippen LogP contribution in [0.3, 0.4) is 0 Å². The number of fused-ring (bicyclic) bond motifs is 1. The van der Waals surface area contributed by atoms with Gasteiger partial charge in [-0.1, -0.05) is 32.9 Å². The van der Waals surface area contributed by atoms with Crippen LogP contribution in [-0.4, -0.2) is 136 Å². The van der Waals surface area contributed by atoms with Crippen molar-refractivity contribution in [2.75, 3.05) is 53.3 Å². The first-order valence-corrected chi connectivity index (χ1v) is 19.5. The Morgan fingerprint density at radius 3 is 2.30 bits per heavy atom. The van der Waals surface area contributed by atoms with E-state index in [-0.39, 0.29) is 24.1 Å². The van der Waals surface area contributed by atoms with Crippen LogP contribution in [0.1, 0.15) is 73.3 Å². The van der Waals surface area contributed by atoms with E-state index in [1.807, 2.05) is 53.9 Å². The Hall–Kier alpha value is -2.85. The Labute approximate surface area is 322 Å². The smallest absolute Gasteiger partial charge is 0.408 e. The van der Waals surface area contributed by atoms with E-state index in [0.717, 1.165) is 11.3 Å². The molecule has 14 nitrogen and oxygen atoms in total. The minimum absolute atomic E-state index is 0.00736. The average Bonchev–Trinajstić information content (AvgIpc) is 3.45. The quantitative estimate of drug-likeness (QED) is 0.204. The molecule has 4 rings (SSSR count). The van der Waals surface area contributed by atoms with Gasteiger partial charge in [0.25, 0.3) is 0 Å². The normalized spacial score (nSPS) is 38.5. The highest BCUT2D eigenvalue weighted by Gasteiger charge is 2.55. The number of ether oxygens (including phenoxy) is 5. The minimum atomic E-state index is -1.17. The number of alkyl carbamates (subject to hydrolysis) is 1. The number of methoxy groups -OCH3 is 1. The number of nitrogens with one attached hydrogen (secondary N) is 3. The second-order valence-electron chi connectivity index (χ2n) is 16.6.